The number of hydrogen-bond acceptors (Lipinski definition) is 7. The van der Waals surface area contributed by atoms with Gasteiger partial charge in [-0.15, -0.1) is 0 Å². The molecule has 0 spiro atoms. The van der Waals surface area contributed by atoms with Crippen LogP contribution in [-0.2, 0) is 9.36 Å². The van der Waals surface area contributed by atoms with Crippen LogP contribution in [0.4, 0.5) is 17.1 Å². The number of benzene rings is 2. The Kier molecular flexibility index (Phi) is 11.9. The van der Waals surface area contributed by atoms with Gasteiger partial charge in [-0.25, -0.2) is 4.99 Å². The van der Waals surface area contributed by atoms with E-state index in [1.54, 1.807) is 39.5 Å². The molecule has 0 saturated carbocycles. The van der Waals surface area contributed by atoms with Gasteiger partial charge < -0.3 is 34.9 Å². The molecule has 0 atom stereocenters. The molecule has 1 saturated heterocycles. The maximum atomic E-state index is 12.7. The minimum atomic E-state index is -2.51. The first-order valence-electron chi connectivity index (χ1n) is 13.7. The summed E-state index contributed by atoms with van der Waals surface area (Å²) < 4.78 is 24.5. The molecule has 1 fully saturated rings. The zero-order valence-electron chi connectivity index (χ0n) is 25.0. The summed E-state index contributed by atoms with van der Waals surface area (Å²) in [6.45, 7) is 15.4. The quantitative estimate of drug-likeness (QED) is 0.0845. The molecule has 42 heavy (non-hydrogen) atoms. The van der Waals surface area contributed by atoms with Crippen molar-refractivity contribution in [2.45, 2.75) is 19.8 Å². The molecule has 226 valence electrons. The van der Waals surface area contributed by atoms with Gasteiger partial charge in [-0.05, 0) is 83.4 Å². The highest BCUT2D eigenvalue weighted by molar-refractivity contribution is 7.70. The molecule has 2 aromatic rings. The molecule has 3 N–H and O–H groups in total. The summed E-state index contributed by atoms with van der Waals surface area (Å²) in [5, 5.41) is 10.2. The number of rotatable bonds is 12. The van der Waals surface area contributed by atoms with E-state index in [2.05, 4.69) is 46.0 Å². The van der Waals surface area contributed by atoms with Gasteiger partial charge >= 0.3 is 0 Å². The largest absolute Gasteiger partial charge is 0.494 e. The molecule has 1 aliphatic rings. The van der Waals surface area contributed by atoms with Crippen molar-refractivity contribution < 1.29 is 18.8 Å². The Morgan fingerprint density at radius 3 is 2.43 bits per heavy atom. The van der Waals surface area contributed by atoms with Crippen molar-refractivity contribution in [3.8, 4) is 11.5 Å². The number of nitrogens with one attached hydrogen (secondary N) is 3. The lowest BCUT2D eigenvalue weighted by molar-refractivity contribution is -0.111. The molecule has 0 bridgehead atoms. The smallest absolute Gasteiger partial charge is 0.247 e. The highest BCUT2D eigenvalue weighted by Crippen LogP contribution is 2.39. The minimum absolute atomic E-state index is 0.275. The number of likely N-dealkylation sites (tertiary alicyclic amines) is 1. The lowest BCUT2D eigenvalue weighted by Crippen LogP contribution is -2.32. The Labute approximate surface area is 254 Å². The minimum Gasteiger partial charge on any atom is -0.494 e. The number of para-hydroxylation sites is 1. The van der Waals surface area contributed by atoms with E-state index >= 15 is 0 Å². The van der Waals surface area contributed by atoms with Crippen LogP contribution in [0.5, 0.6) is 11.5 Å². The summed E-state index contributed by atoms with van der Waals surface area (Å²) in [5.74, 6) is 1.61. The van der Waals surface area contributed by atoms with Gasteiger partial charge in [-0.1, -0.05) is 36.9 Å². The number of piperidine rings is 1. The molecule has 3 rings (SSSR count). The van der Waals surface area contributed by atoms with Crippen molar-refractivity contribution in [1.82, 2.24) is 4.90 Å². The highest BCUT2D eigenvalue weighted by Gasteiger charge is 2.20. The first kappa shape index (κ1) is 33.0. The number of halogens is 1. The van der Waals surface area contributed by atoms with Crippen LogP contribution >= 0.6 is 18.7 Å². The van der Waals surface area contributed by atoms with E-state index in [0.717, 1.165) is 25.9 Å². The summed E-state index contributed by atoms with van der Waals surface area (Å²) in [5.41, 5.74) is 2.14. The number of amidine groups is 1. The fraction of sp³-hybridized carbons (Fsp3) is 0.355. The van der Waals surface area contributed by atoms with E-state index in [1.165, 1.54) is 12.3 Å². The molecule has 0 radical (unpaired) electrons. The van der Waals surface area contributed by atoms with Gasteiger partial charge in [0, 0.05) is 23.3 Å². The lowest BCUT2D eigenvalue weighted by atomic mass is 9.98. The lowest BCUT2D eigenvalue weighted by Gasteiger charge is -2.29. The number of carbonyl (C=O) groups excluding carboxylic acids is 1. The number of anilines is 3. The van der Waals surface area contributed by atoms with E-state index in [-0.39, 0.29) is 10.9 Å². The Morgan fingerprint density at radius 1 is 1.12 bits per heavy atom. The van der Waals surface area contributed by atoms with E-state index < -0.39 is 7.14 Å². The Morgan fingerprint density at radius 2 is 1.79 bits per heavy atom. The third kappa shape index (κ3) is 9.51. The van der Waals surface area contributed by atoms with Crippen LogP contribution in [0.3, 0.4) is 0 Å². The van der Waals surface area contributed by atoms with Gasteiger partial charge in [0.05, 0.1) is 35.8 Å². The normalized spacial score (nSPS) is 15.1. The number of amides is 1. The van der Waals surface area contributed by atoms with Crippen molar-refractivity contribution >= 4 is 52.9 Å². The molecule has 1 amide bonds. The van der Waals surface area contributed by atoms with E-state index in [9.17, 15) is 9.36 Å². The molecule has 1 heterocycles. The zero-order valence-corrected chi connectivity index (χ0v) is 26.6. The van der Waals surface area contributed by atoms with Crippen LogP contribution in [0, 0.1) is 5.92 Å². The van der Waals surface area contributed by atoms with Gasteiger partial charge in [0.25, 0.3) is 0 Å². The Hall–Kier alpha value is -3.52. The van der Waals surface area contributed by atoms with Crippen molar-refractivity contribution in [2.75, 3.05) is 63.1 Å². The topological polar surface area (TPSA) is 104 Å². The number of nitrogens with zero attached hydrogens (tertiary/aromatic N) is 2. The van der Waals surface area contributed by atoms with E-state index in [1.807, 2.05) is 24.3 Å². The summed E-state index contributed by atoms with van der Waals surface area (Å²) in [4.78, 5) is 18.9. The number of ether oxygens (including phenoxy) is 2. The summed E-state index contributed by atoms with van der Waals surface area (Å²) in [6.07, 6.45) is 4.78. The standard InChI is InChI=1S/C31H41ClN5O4P/c1-8-31(38)36-27-17-26(28(40-5)18-29(27)41-20-23-13-15-37(4)16-14-23)35-22(3)33-19-24(32)21(2)34-25-11-9-10-12-30(25)42(6,7)39/h8-12,17-19,23,34H,1-2,13-16,20H2,3-7H3,(H,33,35)(H,36,38)/b24-19+. The van der Waals surface area contributed by atoms with Crippen molar-refractivity contribution in [3.05, 3.63) is 72.6 Å². The SMILES string of the molecule is C=CC(=O)Nc1cc(NC(C)=N/C=C(/Cl)C(=C)Nc2ccccc2P(C)(C)=O)c(OC)cc1OCC1CCN(C)CC1. The number of allylic oxidation sites excluding steroid dienone is 1. The second-order valence-electron chi connectivity index (χ2n) is 10.6. The first-order chi connectivity index (χ1) is 19.9. The van der Waals surface area contributed by atoms with Gasteiger partial charge in [0.1, 0.15) is 24.5 Å². The number of methoxy groups -OCH3 is 1. The third-order valence-corrected chi connectivity index (χ3v) is 8.68. The Balaban J connectivity index is 1.77. The van der Waals surface area contributed by atoms with Crippen LogP contribution in [0.15, 0.2) is 77.6 Å². The van der Waals surface area contributed by atoms with Crippen LogP contribution < -0.4 is 30.7 Å². The van der Waals surface area contributed by atoms with Gasteiger partial charge in [0.15, 0.2) is 0 Å². The number of hydrogen-bond donors (Lipinski definition) is 3. The van der Waals surface area contributed by atoms with Crippen LogP contribution in [0.25, 0.3) is 0 Å². The molecule has 0 unspecified atom stereocenters. The molecule has 0 aliphatic carbocycles. The fourth-order valence-electron chi connectivity index (χ4n) is 4.39. The molecular weight excluding hydrogens is 573 g/mol. The van der Waals surface area contributed by atoms with Crippen molar-refractivity contribution in [3.63, 3.8) is 0 Å². The molecule has 1 aliphatic heterocycles. The third-order valence-electron chi connectivity index (χ3n) is 6.80. The summed E-state index contributed by atoms with van der Waals surface area (Å²) in [7, 11) is 1.17. The molecular formula is C31H41ClN5O4P. The van der Waals surface area contributed by atoms with E-state index in [4.69, 9.17) is 21.1 Å². The Bertz CT molecular complexity index is 1410. The maximum Gasteiger partial charge on any atom is 0.247 e. The van der Waals surface area contributed by atoms with Crippen molar-refractivity contribution in [1.29, 1.82) is 0 Å². The maximum absolute atomic E-state index is 12.7. The number of aliphatic imine (C=N–C) groups is 1. The van der Waals surface area contributed by atoms with Gasteiger partial charge in [-0.3, -0.25) is 4.79 Å². The van der Waals surface area contributed by atoms with Crippen LogP contribution in [-0.4, -0.2) is 63.8 Å². The predicted molar refractivity (Wildman–Crippen MR) is 176 cm³/mol. The van der Waals surface area contributed by atoms with Crippen LogP contribution in [0.1, 0.15) is 19.8 Å². The van der Waals surface area contributed by atoms with Crippen molar-refractivity contribution in [2.24, 2.45) is 10.9 Å². The molecule has 0 aromatic heterocycles. The predicted octanol–water partition coefficient (Wildman–Crippen LogP) is 6.32. The zero-order chi connectivity index (χ0) is 30.9. The van der Waals surface area contributed by atoms with E-state index in [0.29, 0.717) is 57.9 Å². The molecule has 11 heteroatoms. The monoisotopic (exact) mass is 613 g/mol. The average Bonchev–Trinajstić information content (AvgIpc) is 2.95. The van der Waals surface area contributed by atoms with Gasteiger partial charge in [0.2, 0.25) is 5.91 Å². The van der Waals surface area contributed by atoms with Gasteiger partial charge in [-0.2, -0.15) is 0 Å². The number of carbonyl (C=O) groups is 1. The fourth-order valence-corrected chi connectivity index (χ4v) is 5.65. The highest BCUT2D eigenvalue weighted by atomic mass is 35.5. The second kappa shape index (κ2) is 15.1. The van der Waals surface area contributed by atoms with Crippen LogP contribution in [0.2, 0.25) is 0 Å². The summed E-state index contributed by atoms with van der Waals surface area (Å²) >= 11 is 6.47. The molecule has 9 nitrogen and oxygen atoms in total. The summed E-state index contributed by atoms with van der Waals surface area (Å²) in [6, 6.07) is 10.8. The average molecular weight is 614 g/mol. The first-order valence-corrected chi connectivity index (χ1v) is 16.6. The molecule has 2 aromatic carbocycles. The second-order valence-corrected chi connectivity index (χ2v) is 14.2.